The van der Waals surface area contributed by atoms with E-state index in [0.717, 1.165) is 38.4 Å². The third kappa shape index (κ3) is 3.60. The average molecular weight is 475 g/mol. The molecule has 1 N–H and O–H groups in total. The van der Waals surface area contributed by atoms with Crippen LogP contribution in [0.1, 0.15) is 0 Å². The second kappa shape index (κ2) is 8.58. The van der Waals surface area contributed by atoms with Crippen LogP contribution in [0.4, 0.5) is 0 Å². The molecular weight excluding hydrogens is 452 g/mol. The molecule has 0 spiro atoms. The number of hydrogen-bond acceptors (Lipinski definition) is 2. The molecule has 6 aromatic carbocycles. The van der Waals surface area contributed by atoms with Gasteiger partial charge in [0.05, 0.1) is 11.2 Å². The topological polar surface area (TPSA) is 45.8 Å². The van der Waals surface area contributed by atoms with Crippen molar-refractivity contribution in [3.63, 3.8) is 0 Å². The summed E-state index contributed by atoms with van der Waals surface area (Å²) < 4.78 is 0. The number of benzene rings is 6. The fourth-order valence-electron chi connectivity index (χ4n) is 5.38. The Morgan fingerprint density at radius 2 is 1.11 bits per heavy atom. The molecule has 0 atom stereocenters. The first-order valence-corrected chi connectivity index (χ1v) is 12.4. The van der Waals surface area contributed by atoms with E-state index in [-0.39, 0.29) is 5.69 Å². The SMILES string of the molecule is O=c1nc(-c2ccccc2)c2cc(-c3cccc(-c4cccc5ccccc45)c3)c3ccccc3c2[nH]1. The van der Waals surface area contributed by atoms with E-state index in [1.807, 2.05) is 42.5 Å². The number of aromatic amines is 1. The molecule has 0 fully saturated rings. The van der Waals surface area contributed by atoms with Crippen molar-refractivity contribution in [3.8, 4) is 33.5 Å². The van der Waals surface area contributed by atoms with E-state index in [4.69, 9.17) is 0 Å². The Kier molecular flexibility index (Phi) is 4.93. The highest BCUT2D eigenvalue weighted by Crippen LogP contribution is 2.38. The number of H-pyrrole nitrogens is 1. The molecule has 0 radical (unpaired) electrons. The lowest BCUT2D eigenvalue weighted by molar-refractivity contribution is 1.13. The summed E-state index contributed by atoms with van der Waals surface area (Å²) in [5.74, 6) is 0. The Hall–Kier alpha value is -5.02. The van der Waals surface area contributed by atoms with Crippen LogP contribution in [0.3, 0.4) is 0 Å². The fraction of sp³-hybridized carbons (Fsp3) is 0. The summed E-state index contributed by atoms with van der Waals surface area (Å²) in [4.78, 5) is 20.0. The van der Waals surface area contributed by atoms with Crippen LogP contribution in [0.5, 0.6) is 0 Å². The summed E-state index contributed by atoms with van der Waals surface area (Å²) in [6.07, 6.45) is 0. The van der Waals surface area contributed by atoms with Gasteiger partial charge in [-0.3, -0.25) is 0 Å². The van der Waals surface area contributed by atoms with Gasteiger partial charge in [0.1, 0.15) is 0 Å². The summed E-state index contributed by atoms with van der Waals surface area (Å²) in [5, 5.41) is 5.48. The lowest BCUT2D eigenvalue weighted by atomic mass is 9.91. The van der Waals surface area contributed by atoms with Gasteiger partial charge < -0.3 is 4.98 Å². The molecule has 174 valence electrons. The highest BCUT2D eigenvalue weighted by Gasteiger charge is 2.15. The van der Waals surface area contributed by atoms with Gasteiger partial charge in [0.25, 0.3) is 0 Å². The van der Waals surface area contributed by atoms with E-state index in [1.54, 1.807) is 0 Å². The third-order valence-corrected chi connectivity index (χ3v) is 7.07. The molecule has 7 rings (SSSR count). The van der Waals surface area contributed by atoms with Crippen LogP contribution in [0, 0.1) is 0 Å². The molecule has 7 aromatic rings. The molecular formula is C34H22N2O. The lowest BCUT2D eigenvalue weighted by Gasteiger charge is -2.14. The quantitative estimate of drug-likeness (QED) is 0.262. The Balaban J connectivity index is 1.52. The Labute approximate surface area is 213 Å². The number of rotatable bonds is 3. The summed E-state index contributed by atoms with van der Waals surface area (Å²) in [6, 6.07) is 44.0. The second-order valence-corrected chi connectivity index (χ2v) is 9.26. The van der Waals surface area contributed by atoms with Crippen LogP contribution >= 0.6 is 0 Å². The number of fused-ring (bicyclic) bond motifs is 4. The van der Waals surface area contributed by atoms with Crippen LogP contribution < -0.4 is 5.69 Å². The van der Waals surface area contributed by atoms with Gasteiger partial charge in [-0.1, -0.05) is 115 Å². The standard InChI is InChI=1S/C34H22N2O/c37-34-35-32(23-11-2-1-3-12-23)31-21-30(28-17-6-7-18-29(28)33(31)36-34)25-15-8-14-24(20-25)27-19-9-13-22-10-4-5-16-26(22)27/h1-21H,(H,35,36,37). The summed E-state index contributed by atoms with van der Waals surface area (Å²) in [6.45, 7) is 0. The molecule has 0 aliphatic rings. The molecule has 3 heteroatoms. The van der Waals surface area contributed by atoms with Gasteiger partial charge in [-0.15, -0.1) is 0 Å². The van der Waals surface area contributed by atoms with Gasteiger partial charge in [0, 0.05) is 16.3 Å². The van der Waals surface area contributed by atoms with E-state index < -0.39 is 0 Å². The van der Waals surface area contributed by atoms with Gasteiger partial charge in [0.2, 0.25) is 0 Å². The van der Waals surface area contributed by atoms with Crippen molar-refractivity contribution in [2.45, 2.75) is 0 Å². The molecule has 0 unspecified atom stereocenters. The number of aromatic nitrogens is 2. The van der Waals surface area contributed by atoms with Crippen molar-refractivity contribution < 1.29 is 0 Å². The zero-order valence-electron chi connectivity index (χ0n) is 20.0. The molecule has 0 aliphatic carbocycles. The first-order chi connectivity index (χ1) is 18.3. The van der Waals surface area contributed by atoms with Crippen molar-refractivity contribution in [1.82, 2.24) is 9.97 Å². The minimum absolute atomic E-state index is 0.345. The molecule has 1 heterocycles. The van der Waals surface area contributed by atoms with E-state index in [1.165, 1.54) is 21.9 Å². The number of nitrogens with zero attached hydrogens (tertiary/aromatic N) is 1. The van der Waals surface area contributed by atoms with Gasteiger partial charge in [-0.25, -0.2) is 4.79 Å². The highest BCUT2D eigenvalue weighted by molar-refractivity contribution is 6.15. The van der Waals surface area contributed by atoms with Crippen molar-refractivity contribution in [2.24, 2.45) is 0 Å². The van der Waals surface area contributed by atoms with Gasteiger partial charge in [0.15, 0.2) is 0 Å². The maximum absolute atomic E-state index is 12.6. The predicted octanol–water partition coefficient (Wildman–Crippen LogP) is 8.23. The zero-order valence-corrected chi connectivity index (χ0v) is 20.0. The van der Waals surface area contributed by atoms with Gasteiger partial charge >= 0.3 is 5.69 Å². The maximum Gasteiger partial charge on any atom is 0.345 e. The molecule has 3 nitrogen and oxygen atoms in total. The van der Waals surface area contributed by atoms with Gasteiger partial charge in [-0.2, -0.15) is 4.98 Å². The molecule has 37 heavy (non-hydrogen) atoms. The monoisotopic (exact) mass is 474 g/mol. The van der Waals surface area contributed by atoms with Crippen molar-refractivity contribution in [2.75, 3.05) is 0 Å². The summed E-state index contributed by atoms with van der Waals surface area (Å²) >= 11 is 0. The zero-order chi connectivity index (χ0) is 24.8. The van der Waals surface area contributed by atoms with E-state index in [2.05, 4.69) is 94.9 Å². The van der Waals surface area contributed by atoms with Crippen molar-refractivity contribution >= 4 is 32.4 Å². The third-order valence-electron chi connectivity index (χ3n) is 7.07. The summed E-state index contributed by atoms with van der Waals surface area (Å²) in [5.41, 5.74) is 6.68. The minimum Gasteiger partial charge on any atom is -0.305 e. The van der Waals surface area contributed by atoms with Crippen LogP contribution in [0.2, 0.25) is 0 Å². The molecule has 0 bridgehead atoms. The normalized spacial score (nSPS) is 11.4. The predicted molar refractivity (Wildman–Crippen MR) is 154 cm³/mol. The largest absolute Gasteiger partial charge is 0.345 e. The first-order valence-electron chi connectivity index (χ1n) is 12.4. The maximum atomic E-state index is 12.6. The summed E-state index contributed by atoms with van der Waals surface area (Å²) in [7, 11) is 0. The first kappa shape index (κ1) is 21.3. The van der Waals surface area contributed by atoms with Crippen LogP contribution in [0.15, 0.2) is 132 Å². The Morgan fingerprint density at radius 3 is 1.95 bits per heavy atom. The van der Waals surface area contributed by atoms with Crippen LogP contribution in [-0.4, -0.2) is 9.97 Å². The van der Waals surface area contributed by atoms with E-state index in [0.29, 0.717) is 5.69 Å². The molecule has 0 saturated heterocycles. The van der Waals surface area contributed by atoms with Crippen molar-refractivity contribution in [1.29, 1.82) is 0 Å². The Bertz CT molecular complexity index is 2000. The molecule has 0 saturated carbocycles. The number of nitrogens with one attached hydrogen (secondary N) is 1. The van der Waals surface area contributed by atoms with E-state index in [9.17, 15) is 4.79 Å². The van der Waals surface area contributed by atoms with Crippen LogP contribution in [0.25, 0.3) is 66.0 Å². The smallest absolute Gasteiger partial charge is 0.305 e. The molecule has 0 amide bonds. The average Bonchev–Trinajstić information content (AvgIpc) is 2.96. The molecule has 0 aliphatic heterocycles. The highest BCUT2D eigenvalue weighted by atomic mass is 16.1. The second-order valence-electron chi connectivity index (χ2n) is 9.26. The van der Waals surface area contributed by atoms with E-state index >= 15 is 0 Å². The lowest BCUT2D eigenvalue weighted by Crippen LogP contribution is -2.11. The fourth-order valence-corrected chi connectivity index (χ4v) is 5.38. The molecule has 1 aromatic heterocycles. The number of hydrogen-bond donors (Lipinski definition) is 1. The minimum atomic E-state index is -0.345. The van der Waals surface area contributed by atoms with Crippen molar-refractivity contribution in [3.05, 3.63) is 138 Å². The van der Waals surface area contributed by atoms with Crippen LogP contribution in [-0.2, 0) is 0 Å². The Morgan fingerprint density at radius 1 is 0.486 bits per heavy atom. The van der Waals surface area contributed by atoms with Gasteiger partial charge in [-0.05, 0) is 50.5 Å².